The van der Waals surface area contributed by atoms with E-state index in [1.165, 1.54) is 116 Å². The van der Waals surface area contributed by atoms with E-state index in [1.807, 2.05) is 0 Å². The molecule has 2 N–H and O–H groups in total. The van der Waals surface area contributed by atoms with E-state index in [9.17, 15) is 5.11 Å². The first kappa shape index (κ1) is 24.9. The van der Waals surface area contributed by atoms with Crippen LogP contribution < -0.4 is 5.32 Å². The highest BCUT2D eigenvalue weighted by Gasteiger charge is 2.02. The Morgan fingerprint density at radius 1 is 0.520 bits per heavy atom. The van der Waals surface area contributed by atoms with Crippen molar-refractivity contribution in [3.8, 4) is 0 Å². The van der Waals surface area contributed by atoms with Gasteiger partial charge in [-0.05, 0) is 25.8 Å². The van der Waals surface area contributed by atoms with Crippen LogP contribution in [0, 0.1) is 0 Å². The van der Waals surface area contributed by atoms with E-state index in [1.54, 1.807) is 0 Å². The van der Waals surface area contributed by atoms with Crippen LogP contribution in [0.25, 0.3) is 0 Å². The van der Waals surface area contributed by atoms with Crippen LogP contribution in [-0.2, 0) is 0 Å². The third-order valence-electron chi connectivity index (χ3n) is 5.24. The van der Waals surface area contributed by atoms with Gasteiger partial charge in [-0.25, -0.2) is 0 Å². The molecule has 0 bridgehead atoms. The van der Waals surface area contributed by atoms with Gasteiger partial charge in [0.05, 0.1) is 0 Å². The van der Waals surface area contributed by atoms with E-state index in [4.69, 9.17) is 0 Å². The first-order valence-electron chi connectivity index (χ1n) is 11.7. The maximum atomic E-state index is 9.92. The molecule has 0 rings (SSSR count). The van der Waals surface area contributed by atoms with E-state index >= 15 is 0 Å². The van der Waals surface area contributed by atoms with Crippen LogP contribution in [0.5, 0.6) is 0 Å². The highest BCUT2D eigenvalue weighted by Crippen LogP contribution is 2.13. The van der Waals surface area contributed by atoms with E-state index in [0.29, 0.717) is 0 Å². The molecule has 0 heterocycles. The lowest BCUT2D eigenvalue weighted by Crippen LogP contribution is -2.29. The quantitative estimate of drug-likeness (QED) is 0.167. The van der Waals surface area contributed by atoms with Crippen LogP contribution in [0.1, 0.15) is 136 Å². The first-order valence-corrected chi connectivity index (χ1v) is 11.7. The molecule has 25 heavy (non-hydrogen) atoms. The van der Waals surface area contributed by atoms with Gasteiger partial charge in [-0.1, -0.05) is 117 Å². The van der Waals surface area contributed by atoms with Crippen molar-refractivity contribution in [3.63, 3.8) is 0 Å². The lowest BCUT2D eigenvalue weighted by Gasteiger charge is -2.12. The molecule has 0 saturated heterocycles. The Morgan fingerprint density at radius 3 is 1.32 bits per heavy atom. The summed E-state index contributed by atoms with van der Waals surface area (Å²) in [4.78, 5) is 0. The average Bonchev–Trinajstić information content (AvgIpc) is 2.62. The summed E-state index contributed by atoms with van der Waals surface area (Å²) in [5.41, 5.74) is 0. The van der Waals surface area contributed by atoms with Crippen LogP contribution in [0.15, 0.2) is 0 Å². The van der Waals surface area contributed by atoms with Gasteiger partial charge in [0.1, 0.15) is 6.23 Å². The molecular weight excluding hydrogens is 306 g/mol. The zero-order valence-electron chi connectivity index (χ0n) is 17.7. The van der Waals surface area contributed by atoms with E-state index in [-0.39, 0.29) is 6.23 Å². The molecule has 0 fully saturated rings. The van der Waals surface area contributed by atoms with Gasteiger partial charge in [-0.2, -0.15) is 0 Å². The molecule has 0 spiro atoms. The number of hydrogen-bond donors (Lipinski definition) is 2. The van der Waals surface area contributed by atoms with E-state index in [2.05, 4.69) is 19.2 Å². The summed E-state index contributed by atoms with van der Waals surface area (Å²) in [5.74, 6) is 0. The number of unbranched alkanes of at least 4 members (excludes halogenated alkanes) is 16. The van der Waals surface area contributed by atoms with Gasteiger partial charge in [-0.15, -0.1) is 0 Å². The van der Waals surface area contributed by atoms with Gasteiger partial charge >= 0.3 is 0 Å². The largest absolute Gasteiger partial charge is 0.379 e. The Balaban J connectivity index is 3.09. The third-order valence-corrected chi connectivity index (χ3v) is 5.24. The van der Waals surface area contributed by atoms with Gasteiger partial charge < -0.3 is 5.11 Å². The molecule has 2 nitrogen and oxygen atoms in total. The third kappa shape index (κ3) is 21.9. The van der Waals surface area contributed by atoms with Crippen molar-refractivity contribution in [2.75, 3.05) is 6.54 Å². The Labute approximate surface area is 159 Å². The molecule has 0 aromatic rings. The highest BCUT2D eigenvalue weighted by molar-refractivity contribution is 4.56. The lowest BCUT2D eigenvalue weighted by atomic mass is 10.0. The molecule has 0 saturated carbocycles. The van der Waals surface area contributed by atoms with Crippen molar-refractivity contribution in [2.45, 2.75) is 142 Å². The predicted octanol–water partition coefficient (Wildman–Crippen LogP) is 7.35. The minimum atomic E-state index is -0.279. The zero-order valence-corrected chi connectivity index (χ0v) is 17.7. The molecule has 0 aliphatic heterocycles. The van der Waals surface area contributed by atoms with Gasteiger partial charge in [-0.3, -0.25) is 5.32 Å². The minimum absolute atomic E-state index is 0.279. The summed E-state index contributed by atoms with van der Waals surface area (Å²) >= 11 is 0. The molecule has 1 unspecified atom stereocenters. The fraction of sp³-hybridized carbons (Fsp3) is 1.00. The van der Waals surface area contributed by atoms with Crippen LogP contribution in [0.2, 0.25) is 0 Å². The Kier molecular flexibility index (Phi) is 21.9. The second kappa shape index (κ2) is 22.0. The van der Waals surface area contributed by atoms with Crippen LogP contribution in [-0.4, -0.2) is 17.9 Å². The summed E-state index contributed by atoms with van der Waals surface area (Å²) in [6.45, 7) is 5.51. The number of aliphatic hydroxyl groups is 1. The van der Waals surface area contributed by atoms with Crippen LogP contribution in [0.3, 0.4) is 0 Å². The van der Waals surface area contributed by atoms with Crippen molar-refractivity contribution >= 4 is 0 Å². The van der Waals surface area contributed by atoms with Crippen LogP contribution in [0.4, 0.5) is 0 Å². The smallest absolute Gasteiger partial charge is 0.104 e. The van der Waals surface area contributed by atoms with Crippen molar-refractivity contribution in [2.24, 2.45) is 0 Å². The van der Waals surface area contributed by atoms with Crippen LogP contribution >= 0.6 is 0 Å². The van der Waals surface area contributed by atoms with Crippen molar-refractivity contribution in [1.29, 1.82) is 0 Å². The highest BCUT2D eigenvalue weighted by atomic mass is 16.3. The number of nitrogens with one attached hydrogen (secondary N) is 1. The van der Waals surface area contributed by atoms with Crippen molar-refractivity contribution in [1.82, 2.24) is 5.32 Å². The summed E-state index contributed by atoms with van der Waals surface area (Å²) < 4.78 is 0. The molecule has 1 atom stereocenters. The normalized spacial score (nSPS) is 12.6. The fourth-order valence-electron chi connectivity index (χ4n) is 3.45. The summed E-state index contributed by atoms with van der Waals surface area (Å²) in [6, 6.07) is 0. The molecule has 0 aromatic carbocycles. The summed E-state index contributed by atoms with van der Waals surface area (Å²) in [7, 11) is 0. The Bertz CT molecular complexity index is 232. The Morgan fingerprint density at radius 2 is 0.880 bits per heavy atom. The number of aliphatic hydroxyl groups excluding tert-OH is 1. The lowest BCUT2D eigenvalue weighted by molar-refractivity contribution is 0.124. The van der Waals surface area contributed by atoms with Crippen molar-refractivity contribution < 1.29 is 5.11 Å². The topological polar surface area (TPSA) is 32.3 Å². The molecule has 152 valence electrons. The van der Waals surface area contributed by atoms with Crippen molar-refractivity contribution in [3.05, 3.63) is 0 Å². The molecular formula is C23H49NO. The standard InChI is InChI=1S/C23H49NO/c1-3-5-7-9-10-11-12-13-14-15-16-17-19-21-23(25)24-22-20-18-8-6-4-2/h23-25H,3-22H2,1-2H3. The second-order valence-electron chi connectivity index (χ2n) is 7.92. The van der Waals surface area contributed by atoms with Gasteiger partial charge in [0.15, 0.2) is 0 Å². The molecule has 0 aromatic heterocycles. The van der Waals surface area contributed by atoms with E-state index < -0.39 is 0 Å². The predicted molar refractivity (Wildman–Crippen MR) is 113 cm³/mol. The molecule has 2 heteroatoms. The molecule has 0 aliphatic carbocycles. The summed E-state index contributed by atoms with van der Waals surface area (Å²) in [5, 5.41) is 13.2. The monoisotopic (exact) mass is 355 g/mol. The maximum Gasteiger partial charge on any atom is 0.104 e. The minimum Gasteiger partial charge on any atom is -0.379 e. The fourth-order valence-corrected chi connectivity index (χ4v) is 3.45. The second-order valence-corrected chi connectivity index (χ2v) is 7.92. The SMILES string of the molecule is CCCCCCCCCCCCCCCC(O)NCCCCCCC. The van der Waals surface area contributed by atoms with E-state index in [0.717, 1.165) is 13.0 Å². The molecule has 0 amide bonds. The average molecular weight is 356 g/mol. The zero-order chi connectivity index (χ0) is 18.4. The summed E-state index contributed by atoms with van der Waals surface area (Å²) in [6.07, 6.45) is 25.1. The molecule has 0 radical (unpaired) electrons. The molecule has 0 aliphatic rings. The van der Waals surface area contributed by atoms with Gasteiger partial charge in [0.2, 0.25) is 0 Å². The Hall–Kier alpha value is -0.0800. The number of hydrogen-bond acceptors (Lipinski definition) is 2. The van der Waals surface area contributed by atoms with Gasteiger partial charge in [0.25, 0.3) is 0 Å². The number of rotatable bonds is 21. The first-order chi connectivity index (χ1) is 12.3. The maximum absolute atomic E-state index is 9.92. The van der Waals surface area contributed by atoms with Gasteiger partial charge in [0, 0.05) is 0 Å².